The van der Waals surface area contributed by atoms with Crippen molar-refractivity contribution in [3.05, 3.63) is 0 Å². The van der Waals surface area contributed by atoms with Crippen LogP contribution in [-0.2, 0) is 9.53 Å². The molecule has 0 spiro atoms. The first-order chi connectivity index (χ1) is 5.16. The van der Waals surface area contributed by atoms with Crippen LogP contribution in [0.2, 0.25) is 0 Å². The maximum atomic E-state index is 10.3. The lowest BCUT2D eigenvalue weighted by molar-refractivity contribution is -0.141. The van der Waals surface area contributed by atoms with E-state index >= 15 is 0 Å². The fourth-order valence-electron chi connectivity index (χ4n) is 0.487. The fraction of sp³-hybridized carbons (Fsp3) is 0.714. The minimum atomic E-state index is -0.265. The number of thioether (sulfide) groups is 1. The van der Waals surface area contributed by atoms with Crippen LogP contribution in [0, 0.1) is 16.6 Å². The monoisotopic (exact) mass is 173 g/mol. The van der Waals surface area contributed by atoms with Gasteiger partial charge in [0.05, 0.1) is 6.61 Å². The molecule has 0 bridgehead atoms. The molecule has 0 aliphatic carbocycles. The summed E-state index contributed by atoms with van der Waals surface area (Å²) in [6, 6.07) is 0. The van der Waals surface area contributed by atoms with Crippen molar-refractivity contribution in [2.45, 2.75) is 13.8 Å². The van der Waals surface area contributed by atoms with Crippen LogP contribution >= 0.6 is 11.8 Å². The van der Waals surface area contributed by atoms with Crippen molar-refractivity contribution in [3.8, 4) is 5.40 Å². The van der Waals surface area contributed by atoms with E-state index in [-0.39, 0.29) is 11.9 Å². The summed E-state index contributed by atoms with van der Waals surface area (Å²) >= 11 is 1.18. The SMILES string of the molecule is CC(=O)OC[C@@H](C)CSC#N. The fourth-order valence-corrected chi connectivity index (χ4v) is 0.943. The molecule has 0 unspecified atom stereocenters. The number of nitriles is 1. The highest BCUT2D eigenvalue weighted by Gasteiger charge is 2.03. The highest BCUT2D eigenvalue weighted by atomic mass is 32.2. The van der Waals surface area contributed by atoms with Crippen molar-refractivity contribution in [1.82, 2.24) is 0 Å². The van der Waals surface area contributed by atoms with E-state index in [0.717, 1.165) is 0 Å². The highest BCUT2D eigenvalue weighted by Crippen LogP contribution is 2.06. The number of rotatable bonds is 4. The summed E-state index contributed by atoms with van der Waals surface area (Å²) in [5, 5.41) is 10.2. The second-order valence-corrected chi connectivity index (χ2v) is 3.11. The Hall–Kier alpha value is -0.690. The molecule has 11 heavy (non-hydrogen) atoms. The Kier molecular flexibility index (Phi) is 5.67. The molecule has 0 aromatic heterocycles. The molecule has 0 N–H and O–H groups in total. The second-order valence-electron chi connectivity index (χ2n) is 2.31. The Morgan fingerprint density at radius 1 is 1.82 bits per heavy atom. The lowest BCUT2D eigenvalue weighted by Crippen LogP contribution is -2.10. The van der Waals surface area contributed by atoms with Crippen molar-refractivity contribution < 1.29 is 9.53 Å². The summed E-state index contributed by atoms with van der Waals surface area (Å²) in [5.74, 6) is 0.700. The van der Waals surface area contributed by atoms with Gasteiger partial charge in [-0.05, 0) is 11.8 Å². The summed E-state index contributed by atoms with van der Waals surface area (Å²) in [7, 11) is 0. The number of esters is 1. The van der Waals surface area contributed by atoms with Crippen LogP contribution in [0.1, 0.15) is 13.8 Å². The molecule has 0 aromatic carbocycles. The molecule has 0 saturated carbocycles. The molecule has 1 atom stereocenters. The van der Waals surface area contributed by atoms with E-state index < -0.39 is 0 Å². The molecule has 0 aromatic rings. The number of carbonyl (C=O) groups is 1. The normalized spacial score (nSPS) is 11.7. The smallest absolute Gasteiger partial charge is 0.302 e. The summed E-state index contributed by atoms with van der Waals surface area (Å²) in [6.45, 7) is 3.72. The van der Waals surface area contributed by atoms with Gasteiger partial charge < -0.3 is 4.74 Å². The predicted octanol–water partition coefficient (Wildman–Crippen LogP) is 1.40. The maximum Gasteiger partial charge on any atom is 0.302 e. The molecule has 0 fully saturated rings. The molecular formula is C7H11NO2S. The van der Waals surface area contributed by atoms with E-state index in [4.69, 9.17) is 10.00 Å². The lowest BCUT2D eigenvalue weighted by Gasteiger charge is -2.07. The zero-order valence-electron chi connectivity index (χ0n) is 6.66. The highest BCUT2D eigenvalue weighted by molar-refractivity contribution is 8.03. The zero-order chi connectivity index (χ0) is 8.69. The molecule has 0 radical (unpaired) electrons. The molecule has 0 heterocycles. The molecule has 0 aliphatic heterocycles. The van der Waals surface area contributed by atoms with Crippen LogP contribution in [0.5, 0.6) is 0 Å². The average Bonchev–Trinajstić information content (AvgIpc) is 1.97. The van der Waals surface area contributed by atoms with E-state index in [9.17, 15) is 4.79 Å². The number of hydrogen-bond acceptors (Lipinski definition) is 4. The summed E-state index contributed by atoms with van der Waals surface area (Å²) < 4.78 is 4.74. The van der Waals surface area contributed by atoms with Gasteiger partial charge >= 0.3 is 5.97 Å². The standard InChI is InChI=1S/C7H11NO2S/c1-6(4-11-5-8)3-10-7(2)9/h6H,3-4H2,1-2H3/t6-/m1/s1. The quantitative estimate of drug-likeness (QED) is 0.476. The van der Waals surface area contributed by atoms with E-state index in [0.29, 0.717) is 12.4 Å². The van der Waals surface area contributed by atoms with Crippen LogP contribution in [0.4, 0.5) is 0 Å². The number of hydrogen-bond donors (Lipinski definition) is 0. The minimum Gasteiger partial charge on any atom is -0.466 e. The van der Waals surface area contributed by atoms with Crippen molar-refractivity contribution >= 4 is 17.7 Å². The first-order valence-corrected chi connectivity index (χ1v) is 4.29. The molecule has 0 aliphatic rings. The van der Waals surface area contributed by atoms with Gasteiger partial charge in [-0.25, -0.2) is 0 Å². The van der Waals surface area contributed by atoms with Gasteiger partial charge in [-0.2, -0.15) is 5.26 Å². The summed E-state index contributed by atoms with van der Waals surface area (Å²) in [4.78, 5) is 10.3. The van der Waals surface area contributed by atoms with E-state index in [2.05, 4.69) is 0 Å². The lowest BCUT2D eigenvalue weighted by atomic mass is 10.2. The van der Waals surface area contributed by atoms with Gasteiger partial charge in [-0.3, -0.25) is 4.79 Å². The Morgan fingerprint density at radius 2 is 2.45 bits per heavy atom. The third-order valence-electron chi connectivity index (χ3n) is 1.00. The Labute approximate surface area is 70.7 Å². The summed E-state index contributed by atoms with van der Waals surface area (Å²) in [5.41, 5.74) is 0. The van der Waals surface area contributed by atoms with Gasteiger partial charge in [0.25, 0.3) is 0 Å². The molecule has 3 nitrogen and oxygen atoms in total. The largest absolute Gasteiger partial charge is 0.466 e. The van der Waals surface area contributed by atoms with Crippen LogP contribution in [0.3, 0.4) is 0 Å². The Morgan fingerprint density at radius 3 is 2.91 bits per heavy atom. The van der Waals surface area contributed by atoms with Crippen LogP contribution in [-0.4, -0.2) is 18.3 Å². The van der Waals surface area contributed by atoms with E-state index in [1.54, 1.807) is 0 Å². The van der Waals surface area contributed by atoms with Gasteiger partial charge in [0.1, 0.15) is 5.40 Å². The Balaban J connectivity index is 3.31. The van der Waals surface area contributed by atoms with Crippen molar-refractivity contribution in [1.29, 1.82) is 5.26 Å². The predicted molar refractivity (Wildman–Crippen MR) is 43.9 cm³/mol. The molecule has 4 heteroatoms. The zero-order valence-corrected chi connectivity index (χ0v) is 7.48. The molecule has 0 rings (SSSR count). The van der Waals surface area contributed by atoms with Gasteiger partial charge in [-0.1, -0.05) is 6.92 Å². The minimum absolute atomic E-state index is 0.253. The number of ether oxygens (including phenoxy) is 1. The van der Waals surface area contributed by atoms with Gasteiger partial charge in [0, 0.05) is 18.6 Å². The van der Waals surface area contributed by atoms with Crippen molar-refractivity contribution in [3.63, 3.8) is 0 Å². The van der Waals surface area contributed by atoms with Crippen LogP contribution in [0.25, 0.3) is 0 Å². The molecule has 0 saturated heterocycles. The van der Waals surface area contributed by atoms with E-state index in [1.165, 1.54) is 18.7 Å². The van der Waals surface area contributed by atoms with Crippen LogP contribution < -0.4 is 0 Å². The summed E-state index contributed by atoms with van der Waals surface area (Å²) in [6.07, 6.45) is 0. The van der Waals surface area contributed by atoms with Crippen molar-refractivity contribution in [2.24, 2.45) is 5.92 Å². The van der Waals surface area contributed by atoms with Crippen LogP contribution in [0.15, 0.2) is 0 Å². The van der Waals surface area contributed by atoms with Crippen molar-refractivity contribution in [2.75, 3.05) is 12.4 Å². The molecular weight excluding hydrogens is 162 g/mol. The first-order valence-electron chi connectivity index (χ1n) is 3.31. The second kappa shape index (κ2) is 6.05. The topological polar surface area (TPSA) is 50.1 Å². The number of carbonyl (C=O) groups excluding carboxylic acids is 1. The number of nitrogens with zero attached hydrogens (tertiary/aromatic N) is 1. The third-order valence-corrected chi connectivity index (χ3v) is 1.87. The van der Waals surface area contributed by atoms with Gasteiger partial charge in [0.2, 0.25) is 0 Å². The number of thiocyanates is 1. The maximum absolute atomic E-state index is 10.3. The third kappa shape index (κ3) is 7.20. The molecule has 0 amide bonds. The van der Waals surface area contributed by atoms with Gasteiger partial charge in [0.15, 0.2) is 0 Å². The molecule has 62 valence electrons. The van der Waals surface area contributed by atoms with E-state index in [1.807, 2.05) is 12.3 Å². The average molecular weight is 173 g/mol. The first kappa shape index (κ1) is 10.3. The van der Waals surface area contributed by atoms with Gasteiger partial charge in [-0.15, -0.1) is 0 Å². The Bertz CT molecular complexity index is 164.